The molecule has 1 unspecified atom stereocenters. The second-order valence-corrected chi connectivity index (χ2v) is 9.46. The molecule has 1 aliphatic rings. The van der Waals surface area contributed by atoms with Crippen molar-refractivity contribution >= 4 is 34.6 Å². The third kappa shape index (κ3) is 5.57. The fraction of sp³-hybridized carbons (Fsp3) is 0.296. The summed E-state index contributed by atoms with van der Waals surface area (Å²) in [7, 11) is 0. The van der Waals surface area contributed by atoms with Crippen LogP contribution in [0.4, 0.5) is 5.69 Å². The van der Waals surface area contributed by atoms with Crippen LogP contribution in [0, 0.1) is 0 Å². The molecule has 33 heavy (non-hydrogen) atoms. The van der Waals surface area contributed by atoms with E-state index in [4.69, 9.17) is 0 Å². The standard InChI is InChI=1S/C27H28N2O3S/c1-19(30)21-11-7-14-23(17-21)29(25(31)18-24-15-8-16-33-24)26(20-9-3-2-4-10-20)27(32)28-22-12-5-6-13-22/h2-4,7-11,14-17,22,26H,5-6,12-13,18H2,1H3,(H,28,32). The number of Topliss-reactive ketones (excluding diaryl/α,β-unsaturated/α-hetero) is 1. The molecule has 3 aromatic rings. The van der Waals surface area contributed by atoms with E-state index in [1.54, 1.807) is 29.2 Å². The minimum Gasteiger partial charge on any atom is -0.351 e. The smallest absolute Gasteiger partial charge is 0.248 e. The highest BCUT2D eigenvalue weighted by Crippen LogP contribution is 2.31. The van der Waals surface area contributed by atoms with Crippen LogP contribution < -0.4 is 10.2 Å². The number of benzene rings is 2. The minimum absolute atomic E-state index is 0.0887. The van der Waals surface area contributed by atoms with Crippen LogP contribution in [0.15, 0.2) is 72.1 Å². The average molecular weight is 461 g/mol. The van der Waals surface area contributed by atoms with E-state index in [0.29, 0.717) is 11.3 Å². The molecule has 1 saturated carbocycles. The van der Waals surface area contributed by atoms with Crippen LogP contribution >= 0.6 is 11.3 Å². The number of anilines is 1. The van der Waals surface area contributed by atoms with E-state index in [0.717, 1.165) is 36.1 Å². The third-order valence-electron chi connectivity index (χ3n) is 6.03. The molecule has 2 aromatic carbocycles. The summed E-state index contributed by atoms with van der Waals surface area (Å²) in [6.07, 6.45) is 4.29. The monoisotopic (exact) mass is 460 g/mol. The zero-order chi connectivity index (χ0) is 23.2. The molecule has 1 N–H and O–H groups in total. The topological polar surface area (TPSA) is 66.5 Å². The number of nitrogens with zero attached hydrogens (tertiary/aromatic N) is 1. The van der Waals surface area contributed by atoms with E-state index in [9.17, 15) is 14.4 Å². The minimum atomic E-state index is -0.832. The van der Waals surface area contributed by atoms with Crippen LogP contribution in [0.1, 0.15) is 59.4 Å². The molecule has 6 heteroatoms. The molecule has 2 amide bonds. The summed E-state index contributed by atoms with van der Waals surface area (Å²) in [4.78, 5) is 41.9. The molecule has 1 atom stereocenters. The predicted octanol–water partition coefficient (Wildman–Crippen LogP) is 5.33. The van der Waals surface area contributed by atoms with E-state index in [-0.39, 0.29) is 30.1 Å². The summed E-state index contributed by atoms with van der Waals surface area (Å²) in [5.74, 6) is -0.469. The van der Waals surface area contributed by atoms with Crippen LogP contribution in [0.2, 0.25) is 0 Å². The van der Waals surface area contributed by atoms with E-state index in [2.05, 4.69) is 5.32 Å². The quantitative estimate of drug-likeness (QED) is 0.462. The molecule has 0 saturated heterocycles. The van der Waals surface area contributed by atoms with E-state index in [1.807, 2.05) is 47.8 Å². The Bertz CT molecular complexity index is 1110. The molecule has 1 heterocycles. The normalized spacial score (nSPS) is 14.6. The molecule has 0 bridgehead atoms. The maximum absolute atomic E-state index is 13.7. The van der Waals surface area contributed by atoms with Crippen LogP contribution in [-0.2, 0) is 16.0 Å². The molecule has 170 valence electrons. The van der Waals surface area contributed by atoms with E-state index in [1.165, 1.54) is 18.3 Å². The van der Waals surface area contributed by atoms with Gasteiger partial charge in [-0.2, -0.15) is 0 Å². The molecular formula is C27H28N2O3S. The van der Waals surface area contributed by atoms with Crippen molar-refractivity contribution in [2.45, 2.75) is 51.1 Å². The molecule has 1 aliphatic carbocycles. The maximum Gasteiger partial charge on any atom is 0.248 e. The van der Waals surface area contributed by atoms with Crippen molar-refractivity contribution in [2.24, 2.45) is 0 Å². The molecule has 0 aliphatic heterocycles. The molecule has 0 spiro atoms. The van der Waals surface area contributed by atoms with Gasteiger partial charge in [-0.05, 0) is 48.9 Å². The van der Waals surface area contributed by atoms with Gasteiger partial charge in [0.1, 0.15) is 6.04 Å². The second kappa shape index (κ2) is 10.6. The fourth-order valence-corrected chi connectivity index (χ4v) is 5.06. The lowest BCUT2D eigenvalue weighted by Gasteiger charge is -2.32. The summed E-state index contributed by atoms with van der Waals surface area (Å²) in [6.45, 7) is 1.50. The van der Waals surface area contributed by atoms with Crippen molar-refractivity contribution in [1.29, 1.82) is 0 Å². The molecule has 1 fully saturated rings. The Kier molecular flexibility index (Phi) is 7.35. The van der Waals surface area contributed by atoms with Crippen molar-refractivity contribution in [3.63, 3.8) is 0 Å². The van der Waals surface area contributed by atoms with Gasteiger partial charge < -0.3 is 5.32 Å². The zero-order valence-corrected chi connectivity index (χ0v) is 19.5. The number of carbonyl (C=O) groups excluding carboxylic acids is 3. The van der Waals surface area contributed by atoms with Crippen molar-refractivity contribution in [2.75, 3.05) is 4.90 Å². The maximum atomic E-state index is 13.7. The van der Waals surface area contributed by atoms with Gasteiger partial charge in [-0.1, -0.05) is 61.4 Å². The van der Waals surface area contributed by atoms with Crippen molar-refractivity contribution in [3.05, 3.63) is 88.1 Å². The zero-order valence-electron chi connectivity index (χ0n) is 18.7. The summed E-state index contributed by atoms with van der Waals surface area (Å²) in [5.41, 5.74) is 1.78. The predicted molar refractivity (Wildman–Crippen MR) is 132 cm³/mol. The number of nitrogens with one attached hydrogen (secondary N) is 1. The Balaban J connectivity index is 1.77. The van der Waals surface area contributed by atoms with E-state index < -0.39 is 6.04 Å². The molecule has 0 radical (unpaired) electrons. The largest absolute Gasteiger partial charge is 0.351 e. The first-order valence-electron chi connectivity index (χ1n) is 11.3. The first-order chi connectivity index (χ1) is 16.0. The lowest BCUT2D eigenvalue weighted by atomic mass is 10.0. The van der Waals surface area contributed by atoms with Gasteiger partial charge in [0.15, 0.2) is 5.78 Å². The highest BCUT2D eigenvalue weighted by atomic mass is 32.1. The number of thiophene rings is 1. The van der Waals surface area contributed by atoms with Gasteiger partial charge in [0.05, 0.1) is 6.42 Å². The number of hydrogen-bond donors (Lipinski definition) is 1. The van der Waals surface area contributed by atoms with Gasteiger partial charge in [0.25, 0.3) is 0 Å². The first kappa shape index (κ1) is 22.9. The summed E-state index contributed by atoms with van der Waals surface area (Å²) < 4.78 is 0. The Morgan fingerprint density at radius 2 is 1.76 bits per heavy atom. The van der Waals surface area contributed by atoms with Crippen LogP contribution in [0.5, 0.6) is 0 Å². The van der Waals surface area contributed by atoms with Crippen molar-refractivity contribution < 1.29 is 14.4 Å². The highest BCUT2D eigenvalue weighted by molar-refractivity contribution is 7.10. The Labute approximate surface area is 198 Å². The van der Waals surface area contributed by atoms with Crippen LogP contribution in [0.25, 0.3) is 0 Å². The molecule has 1 aromatic heterocycles. The molecule has 4 rings (SSSR count). The van der Waals surface area contributed by atoms with Crippen LogP contribution in [0.3, 0.4) is 0 Å². The van der Waals surface area contributed by atoms with Gasteiger partial charge in [-0.3, -0.25) is 19.3 Å². The summed E-state index contributed by atoms with van der Waals surface area (Å²) >= 11 is 1.51. The van der Waals surface area contributed by atoms with Gasteiger partial charge in [-0.15, -0.1) is 11.3 Å². The summed E-state index contributed by atoms with van der Waals surface area (Å²) in [5, 5.41) is 5.12. The Hall–Kier alpha value is -3.25. The van der Waals surface area contributed by atoms with Gasteiger partial charge in [0, 0.05) is 22.2 Å². The number of ketones is 1. The highest BCUT2D eigenvalue weighted by Gasteiger charge is 2.34. The van der Waals surface area contributed by atoms with Crippen LogP contribution in [-0.4, -0.2) is 23.6 Å². The van der Waals surface area contributed by atoms with E-state index >= 15 is 0 Å². The third-order valence-corrected chi connectivity index (χ3v) is 6.90. The molecule has 5 nitrogen and oxygen atoms in total. The number of carbonyl (C=O) groups is 3. The SMILES string of the molecule is CC(=O)c1cccc(N(C(=O)Cc2cccs2)C(C(=O)NC2CCCC2)c2ccccc2)c1. The van der Waals surface area contributed by atoms with Crippen molar-refractivity contribution in [3.8, 4) is 0 Å². The lowest BCUT2D eigenvalue weighted by Crippen LogP contribution is -2.46. The second-order valence-electron chi connectivity index (χ2n) is 8.43. The Morgan fingerprint density at radius 1 is 1.00 bits per heavy atom. The average Bonchev–Trinajstić information content (AvgIpc) is 3.52. The number of rotatable bonds is 8. The first-order valence-corrected chi connectivity index (χ1v) is 12.2. The summed E-state index contributed by atoms with van der Waals surface area (Å²) in [6, 6.07) is 19.5. The fourth-order valence-electron chi connectivity index (χ4n) is 4.36. The van der Waals surface area contributed by atoms with Gasteiger partial charge in [0.2, 0.25) is 11.8 Å². The van der Waals surface area contributed by atoms with Gasteiger partial charge >= 0.3 is 0 Å². The Morgan fingerprint density at radius 3 is 2.42 bits per heavy atom. The number of amides is 2. The van der Waals surface area contributed by atoms with Gasteiger partial charge in [-0.25, -0.2) is 0 Å². The van der Waals surface area contributed by atoms with Crippen molar-refractivity contribution in [1.82, 2.24) is 5.32 Å². The lowest BCUT2D eigenvalue weighted by molar-refractivity contribution is -0.127. The number of hydrogen-bond acceptors (Lipinski definition) is 4. The molecular weight excluding hydrogens is 432 g/mol.